The zero-order valence-electron chi connectivity index (χ0n) is 12.2. The van der Waals surface area contributed by atoms with Gasteiger partial charge in [0.2, 0.25) is 0 Å². The third-order valence-corrected chi connectivity index (χ3v) is 5.24. The van der Waals surface area contributed by atoms with Gasteiger partial charge < -0.3 is 10.4 Å². The summed E-state index contributed by atoms with van der Waals surface area (Å²) in [7, 11) is -3.57. The molecule has 6 nitrogen and oxygen atoms in total. The van der Waals surface area contributed by atoms with Crippen molar-refractivity contribution in [3.05, 3.63) is 52.2 Å². The number of carboxylic acids is 1. The maximum absolute atomic E-state index is 12.4. The van der Waals surface area contributed by atoms with Gasteiger partial charge in [-0.25, -0.2) is 8.42 Å². The number of sulfone groups is 1. The highest BCUT2D eigenvalue weighted by Crippen LogP contribution is 2.23. The van der Waals surface area contributed by atoms with Crippen molar-refractivity contribution in [1.29, 1.82) is 0 Å². The summed E-state index contributed by atoms with van der Waals surface area (Å²) in [5, 5.41) is 13.4. The van der Waals surface area contributed by atoms with Crippen molar-refractivity contribution in [2.75, 3.05) is 6.26 Å². The Balaban J connectivity index is 2.32. The minimum atomic E-state index is -3.57. The fraction of sp³-hybridized carbons (Fsp3) is 0.200. The van der Waals surface area contributed by atoms with E-state index in [4.69, 9.17) is 5.11 Å². The summed E-state index contributed by atoms with van der Waals surface area (Å²) in [5.41, 5.74) is 0.00180. The third kappa shape index (κ3) is 4.40. The molecule has 0 saturated carbocycles. The third-order valence-electron chi connectivity index (χ3n) is 3.10. The zero-order valence-corrected chi connectivity index (χ0v) is 13.9. The fourth-order valence-corrected chi connectivity index (χ4v) is 3.76. The topological polar surface area (TPSA) is 101 Å². The Bertz CT molecular complexity index is 812. The van der Waals surface area contributed by atoms with Crippen molar-refractivity contribution in [1.82, 2.24) is 5.32 Å². The molecule has 1 amide bonds. The number of aliphatic carboxylic acids is 1. The summed E-state index contributed by atoms with van der Waals surface area (Å²) < 4.78 is 23.6. The smallest absolute Gasteiger partial charge is 0.305 e. The van der Waals surface area contributed by atoms with Gasteiger partial charge in [-0.2, -0.15) is 0 Å². The van der Waals surface area contributed by atoms with E-state index in [-0.39, 0.29) is 16.9 Å². The van der Waals surface area contributed by atoms with Crippen LogP contribution in [0, 0.1) is 0 Å². The number of carbonyl (C=O) groups excluding carboxylic acids is 1. The molecule has 0 saturated heterocycles. The number of hydrogen-bond donors (Lipinski definition) is 2. The predicted octanol–water partition coefficient (Wildman–Crippen LogP) is 2.10. The van der Waals surface area contributed by atoms with E-state index in [0.29, 0.717) is 4.88 Å². The number of amides is 1. The Hall–Kier alpha value is -2.19. The molecule has 1 unspecified atom stereocenters. The summed E-state index contributed by atoms with van der Waals surface area (Å²) in [5.74, 6) is -1.68. The Morgan fingerprint density at radius 3 is 2.48 bits per heavy atom. The van der Waals surface area contributed by atoms with Gasteiger partial charge in [0.25, 0.3) is 5.91 Å². The number of rotatable bonds is 6. The number of thiophene rings is 1. The van der Waals surface area contributed by atoms with E-state index in [9.17, 15) is 18.0 Å². The number of carboxylic acid groups (broad SMARTS) is 1. The molecular weight excluding hydrogens is 338 g/mol. The molecule has 0 fully saturated rings. The lowest BCUT2D eigenvalue weighted by atomic mass is 10.1. The van der Waals surface area contributed by atoms with Gasteiger partial charge in [-0.05, 0) is 23.6 Å². The van der Waals surface area contributed by atoms with Crippen molar-refractivity contribution >= 4 is 33.1 Å². The second kappa shape index (κ2) is 6.93. The minimum absolute atomic E-state index is 0.00180. The van der Waals surface area contributed by atoms with E-state index < -0.39 is 27.8 Å². The molecule has 2 aromatic rings. The second-order valence-electron chi connectivity index (χ2n) is 4.91. The lowest BCUT2D eigenvalue weighted by Crippen LogP contribution is -2.30. The molecule has 1 aromatic carbocycles. The molecule has 0 aliphatic heterocycles. The van der Waals surface area contributed by atoms with Crippen molar-refractivity contribution in [3.63, 3.8) is 0 Å². The maximum Gasteiger partial charge on any atom is 0.305 e. The van der Waals surface area contributed by atoms with Crippen LogP contribution in [0.3, 0.4) is 0 Å². The predicted molar refractivity (Wildman–Crippen MR) is 86.3 cm³/mol. The Morgan fingerprint density at radius 1 is 1.22 bits per heavy atom. The van der Waals surface area contributed by atoms with Gasteiger partial charge in [0.1, 0.15) is 0 Å². The average Bonchev–Trinajstić information content (AvgIpc) is 2.99. The lowest BCUT2D eigenvalue weighted by Gasteiger charge is -2.16. The molecule has 0 aliphatic carbocycles. The molecule has 0 aliphatic rings. The van der Waals surface area contributed by atoms with Crippen molar-refractivity contribution in [2.24, 2.45) is 0 Å². The Kier molecular flexibility index (Phi) is 5.17. The summed E-state index contributed by atoms with van der Waals surface area (Å²) in [6, 6.07) is 8.60. The van der Waals surface area contributed by atoms with Crippen LogP contribution in [0.1, 0.15) is 27.7 Å². The van der Waals surface area contributed by atoms with Crippen molar-refractivity contribution in [2.45, 2.75) is 17.4 Å². The number of benzene rings is 1. The Labute approximate surface area is 137 Å². The summed E-state index contributed by atoms with van der Waals surface area (Å²) in [6.45, 7) is 0. The fourth-order valence-electron chi connectivity index (χ4n) is 2.10. The zero-order chi connectivity index (χ0) is 17.0. The molecule has 1 atom stereocenters. The highest BCUT2D eigenvalue weighted by Gasteiger charge is 2.23. The molecule has 0 bridgehead atoms. The van der Waals surface area contributed by atoms with Gasteiger partial charge in [-0.15, -0.1) is 11.3 Å². The monoisotopic (exact) mass is 353 g/mol. The minimum Gasteiger partial charge on any atom is -0.481 e. The van der Waals surface area contributed by atoms with Crippen LogP contribution >= 0.6 is 11.3 Å². The molecule has 122 valence electrons. The first-order valence-corrected chi connectivity index (χ1v) is 9.41. The number of nitrogens with one attached hydrogen (secondary N) is 1. The molecule has 0 spiro atoms. The van der Waals surface area contributed by atoms with Crippen molar-refractivity contribution < 1.29 is 23.1 Å². The molecular formula is C15H15NO5S2. The first kappa shape index (κ1) is 17.2. The highest BCUT2D eigenvalue weighted by molar-refractivity contribution is 7.90. The van der Waals surface area contributed by atoms with Crippen LogP contribution in [0.2, 0.25) is 0 Å². The van der Waals surface area contributed by atoms with E-state index in [1.54, 1.807) is 23.6 Å². The molecule has 0 radical (unpaired) electrons. The Morgan fingerprint density at radius 2 is 1.91 bits per heavy atom. The van der Waals surface area contributed by atoms with Crippen LogP contribution < -0.4 is 5.32 Å². The SMILES string of the molecule is CS(=O)(=O)c1ccccc1C(=O)NC(CC(=O)O)c1cccs1. The van der Waals surface area contributed by atoms with Crippen LogP contribution in [-0.4, -0.2) is 31.7 Å². The van der Waals surface area contributed by atoms with Gasteiger partial charge in [0.05, 0.1) is 22.9 Å². The van der Waals surface area contributed by atoms with Crippen LogP contribution in [0.5, 0.6) is 0 Å². The van der Waals surface area contributed by atoms with E-state index in [0.717, 1.165) is 6.26 Å². The normalized spacial score (nSPS) is 12.6. The van der Waals surface area contributed by atoms with Crippen LogP contribution in [-0.2, 0) is 14.6 Å². The van der Waals surface area contributed by atoms with Gasteiger partial charge >= 0.3 is 5.97 Å². The number of carbonyl (C=O) groups is 2. The first-order valence-electron chi connectivity index (χ1n) is 6.64. The second-order valence-corrected chi connectivity index (χ2v) is 7.87. The standard InChI is InChI=1S/C15H15NO5S2/c1-23(20,21)13-7-3-2-5-10(13)15(19)16-11(9-14(17)18)12-6-4-8-22-12/h2-8,11H,9H2,1H3,(H,16,19)(H,17,18). The molecule has 2 N–H and O–H groups in total. The van der Waals surface area contributed by atoms with Gasteiger partial charge in [0, 0.05) is 11.1 Å². The summed E-state index contributed by atoms with van der Waals surface area (Å²) in [6.07, 6.45) is 0.737. The summed E-state index contributed by atoms with van der Waals surface area (Å²) in [4.78, 5) is 24.0. The molecule has 2 rings (SSSR count). The molecule has 8 heteroatoms. The van der Waals surface area contributed by atoms with Gasteiger partial charge in [-0.1, -0.05) is 18.2 Å². The van der Waals surface area contributed by atoms with E-state index in [1.807, 2.05) is 0 Å². The van der Waals surface area contributed by atoms with Crippen LogP contribution in [0.25, 0.3) is 0 Å². The van der Waals surface area contributed by atoms with E-state index >= 15 is 0 Å². The quantitative estimate of drug-likeness (QED) is 0.828. The van der Waals surface area contributed by atoms with Gasteiger partial charge in [-0.3, -0.25) is 9.59 Å². The first-order chi connectivity index (χ1) is 10.8. The highest BCUT2D eigenvalue weighted by atomic mass is 32.2. The molecule has 23 heavy (non-hydrogen) atoms. The van der Waals surface area contributed by atoms with E-state index in [1.165, 1.54) is 29.5 Å². The molecule has 1 aromatic heterocycles. The van der Waals surface area contributed by atoms with Crippen molar-refractivity contribution in [3.8, 4) is 0 Å². The maximum atomic E-state index is 12.4. The van der Waals surface area contributed by atoms with E-state index in [2.05, 4.69) is 5.32 Å². The molecule has 1 heterocycles. The largest absolute Gasteiger partial charge is 0.481 e. The van der Waals surface area contributed by atoms with Crippen LogP contribution in [0.4, 0.5) is 0 Å². The van der Waals surface area contributed by atoms with Gasteiger partial charge in [0.15, 0.2) is 9.84 Å². The van der Waals surface area contributed by atoms with Crippen LogP contribution in [0.15, 0.2) is 46.7 Å². The number of hydrogen-bond acceptors (Lipinski definition) is 5. The lowest BCUT2D eigenvalue weighted by molar-refractivity contribution is -0.137. The average molecular weight is 353 g/mol. The summed E-state index contributed by atoms with van der Waals surface area (Å²) >= 11 is 1.32.